The number of nitriles is 1. The summed E-state index contributed by atoms with van der Waals surface area (Å²) in [5.41, 5.74) is 5.13. The van der Waals surface area contributed by atoms with Crippen LogP contribution >= 0.6 is 11.3 Å². The van der Waals surface area contributed by atoms with Crippen LogP contribution in [0.25, 0.3) is 11.3 Å². The maximum absolute atomic E-state index is 12.6. The molecule has 136 valence electrons. The predicted molar refractivity (Wildman–Crippen MR) is 105 cm³/mol. The van der Waals surface area contributed by atoms with Gasteiger partial charge in [-0.25, -0.2) is 0 Å². The molecule has 3 aromatic rings. The zero-order valence-electron chi connectivity index (χ0n) is 15.3. The minimum atomic E-state index is -0.357. The number of benzene rings is 1. The lowest BCUT2D eigenvalue weighted by Gasteiger charge is -2.09. The van der Waals surface area contributed by atoms with Crippen LogP contribution in [0.3, 0.4) is 0 Å². The van der Waals surface area contributed by atoms with Crippen LogP contribution in [0.1, 0.15) is 50.5 Å². The summed E-state index contributed by atoms with van der Waals surface area (Å²) in [5, 5.41) is 16.9. The second-order valence-electron chi connectivity index (χ2n) is 6.86. The normalized spacial score (nSPS) is 13.1. The lowest BCUT2D eigenvalue weighted by atomic mass is 9.96. The first kappa shape index (κ1) is 17.5. The molecule has 0 saturated carbocycles. The third kappa shape index (κ3) is 3.26. The van der Waals surface area contributed by atoms with Crippen molar-refractivity contribution in [1.82, 2.24) is 5.16 Å². The quantitative estimate of drug-likeness (QED) is 0.695. The van der Waals surface area contributed by atoms with Crippen molar-refractivity contribution in [2.45, 2.75) is 39.5 Å². The topological polar surface area (TPSA) is 78.9 Å². The molecule has 0 bridgehead atoms. The number of hydrogen-bond donors (Lipinski definition) is 1. The van der Waals surface area contributed by atoms with Gasteiger partial charge in [0.1, 0.15) is 11.1 Å². The van der Waals surface area contributed by atoms with Gasteiger partial charge in [0, 0.05) is 16.5 Å². The van der Waals surface area contributed by atoms with Gasteiger partial charge >= 0.3 is 0 Å². The van der Waals surface area contributed by atoms with E-state index in [1.165, 1.54) is 21.8 Å². The number of carbonyl (C=O) groups is 1. The van der Waals surface area contributed by atoms with E-state index in [1.54, 1.807) is 6.07 Å². The average molecular weight is 377 g/mol. The summed E-state index contributed by atoms with van der Waals surface area (Å²) in [6.07, 6.45) is 4.11. The van der Waals surface area contributed by atoms with Crippen LogP contribution in [0.5, 0.6) is 0 Å². The van der Waals surface area contributed by atoms with Crippen molar-refractivity contribution < 1.29 is 9.32 Å². The molecule has 2 heterocycles. The van der Waals surface area contributed by atoms with E-state index in [9.17, 15) is 10.1 Å². The standard InChI is InChI=1S/C21H19N3O2S/c1-12-7-8-14(9-13(12)2)18-10-17(24-26-18)20(25)23-21-16(11-22)15-5-3-4-6-19(15)27-21/h7-10H,3-6H2,1-2H3,(H,23,25). The molecule has 0 aliphatic heterocycles. The minimum absolute atomic E-state index is 0.207. The number of fused-ring (bicyclic) bond motifs is 1. The van der Waals surface area contributed by atoms with Gasteiger partial charge in [-0.05, 0) is 62.3 Å². The number of anilines is 1. The van der Waals surface area contributed by atoms with Gasteiger partial charge in [-0.15, -0.1) is 11.3 Å². The molecule has 1 aliphatic rings. The molecule has 0 spiro atoms. The Morgan fingerprint density at radius 3 is 2.81 bits per heavy atom. The van der Waals surface area contributed by atoms with Crippen LogP contribution in [-0.4, -0.2) is 11.1 Å². The third-order valence-electron chi connectivity index (χ3n) is 5.04. The molecule has 1 aromatic carbocycles. The fourth-order valence-electron chi connectivity index (χ4n) is 3.35. The second kappa shape index (κ2) is 7.01. The van der Waals surface area contributed by atoms with Crippen molar-refractivity contribution in [3.8, 4) is 17.4 Å². The van der Waals surface area contributed by atoms with Crippen LogP contribution < -0.4 is 5.32 Å². The number of amides is 1. The van der Waals surface area contributed by atoms with Gasteiger partial charge in [-0.3, -0.25) is 4.79 Å². The van der Waals surface area contributed by atoms with Crippen molar-refractivity contribution in [3.63, 3.8) is 0 Å². The Labute approximate surface area is 161 Å². The van der Waals surface area contributed by atoms with Gasteiger partial charge in [-0.2, -0.15) is 5.26 Å². The summed E-state index contributed by atoms with van der Waals surface area (Å²) in [6, 6.07) is 9.87. The Hall–Kier alpha value is -2.91. The number of carbonyl (C=O) groups excluding carboxylic acids is 1. The first-order chi connectivity index (χ1) is 13.1. The van der Waals surface area contributed by atoms with Crippen molar-refractivity contribution in [2.75, 3.05) is 5.32 Å². The maximum Gasteiger partial charge on any atom is 0.278 e. The van der Waals surface area contributed by atoms with Crippen molar-refractivity contribution in [3.05, 3.63) is 57.1 Å². The van der Waals surface area contributed by atoms with Gasteiger partial charge in [0.05, 0.1) is 5.56 Å². The SMILES string of the molecule is Cc1ccc(-c2cc(C(=O)Nc3sc4c(c3C#N)CCCC4)no2)cc1C. The molecule has 27 heavy (non-hydrogen) atoms. The second-order valence-corrected chi connectivity index (χ2v) is 7.96. The lowest BCUT2D eigenvalue weighted by molar-refractivity contribution is 0.101. The van der Waals surface area contributed by atoms with Gasteiger partial charge in [-0.1, -0.05) is 17.3 Å². The first-order valence-electron chi connectivity index (χ1n) is 8.97. The Bertz CT molecular complexity index is 1070. The van der Waals surface area contributed by atoms with E-state index in [1.807, 2.05) is 32.0 Å². The fourth-order valence-corrected chi connectivity index (χ4v) is 4.59. The van der Waals surface area contributed by atoms with E-state index in [2.05, 4.69) is 16.5 Å². The van der Waals surface area contributed by atoms with Gasteiger partial charge in [0.15, 0.2) is 11.5 Å². The average Bonchev–Trinajstić information content (AvgIpc) is 3.28. The molecule has 0 fully saturated rings. The predicted octanol–water partition coefficient (Wildman–Crippen LogP) is 5.02. The zero-order valence-corrected chi connectivity index (χ0v) is 16.1. The van der Waals surface area contributed by atoms with Gasteiger partial charge < -0.3 is 9.84 Å². The van der Waals surface area contributed by atoms with Crippen LogP contribution in [0.4, 0.5) is 5.00 Å². The number of thiophene rings is 1. The summed E-state index contributed by atoms with van der Waals surface area (Å²) in [6.45, 7) is 4.08. The van der Waals surface area contributed by atoms with Crippen molar-refractivity contribution >= 4 is 22.2 Å². The van der Waals surface area contributed by atoms with E-state index >= 15 is 0 Å². The number of aromatic nitrogens is 1. The maximum atomic E-state index is 12.6. The number of rotatable bonds is 3. The number of nitrogens with zero attached hydrogens (tertiary/aromatic N) is 2. The Morgan fingerprint density at radius 1 is 1.22 bits per heavy atom. The Balaban J connectivity index is 1.58. The zero-order chi connectivity index (χ0) is 19.0. The van der Waals surface area contributed by atoms with Gasteiger partial charge in [0.25, 0.3) is 5.91 Å². The number of aryl methyl sites for hydroxylation is 3. The molecular formula is C21H19N3O2S. The van der Waals surface area contributed by atoms with E-state index < -0.39 is 0 Å². The molecule has 0 radical (unpaired) electrons. The molecule has 1 N–H and O–H groups in total. The highest BCUT2D eigenvalue weighted by Crippen LogP contribution is 2.37. The van der Waals surface area contributed by atoms with E-state index in [4.69, 9.17) is 4.52 Å². The highest BCUT2D eigenvalue weighted by Gasteiger charge is 2.23. The Morgan fingerprint density at radius 2 is 2.04 bits per heavy atom. The minimum Gasteiger partial charge on any atom is -0.355 e. The molecule has 1 aliphatic carbocycles. The van der Waals surface area contributed by atoms with Crippen LogP contribution in [0, 0.1) is 25.2 Å². The van der Waals surface area contributed by atoms with Crippen LogP contribution in [0.2, 0.25) is 0 Å². The molecule has 5 nitrogen and oxygen atoms in total. The fraction of sp³-hybridized carbons (Fsp3) is 0.286. The smallest absolute Gasteiger partial charge is 0.278 e. The first-order valence-corrected chi connectivity index (χ1v) is 9.79. The molecule has 4 rings (SSSR count). The van der Waals surface area contributed by atoms with Crippen molar-refractivity contribution in [1.29, 1.82) is 5.26 Å². The highest BCUT2D eigenvalue weighted by atomic mass is 32.1. The van der Waals surface area contributed by atoms with Crippen LogP contribution in [-0.2, 0) is 12.8 Å². The van der Waals surface area contributed by atoms with Crippen LogP contribution in [0.15, 0.2) is 28.8 Å². The molecule has 2 aromatic heterocycles. The lowest BCUT2D eigenvalue weighted by Crippen LogP contribution is -2.12. The number of nitrogens with one attached hydrogen (secondary N) is 1. The molecule has 0 saturated heterocycles. The summed E-state index contributed by atoms with van der Waals surface area (Å²) >= 11 is 1.50. The molecular weight excluding hydrogens is 358 g/mol. The van der Waals surface area contributed by atoms with Gasteiger partial charge in [0.2, 0.25) is 0 Å². The Kier molecular flexibility index (Phi) is 4.54. The third-order valence-corrected chi connectivity index (χ3v) is 6.25. The molecule has 0 unspecified atom stereocenters. The van der Waals surface area contributed by atoms with E-state index in [-0.39, 0.29) is 11.6 Å². The van der Waals surface area contributed by atoms with E-state index in [0.29, 0.717) is 16.3 Å². The highest BCUT2D eigenvalue weighted by molar-refractivity contribution is 7.16. The monoisotopic (exact) mass is 377 g/mol. The largest absolute Gasteiger partial charge is 0.355 e. The van der Waals surface area contributed by atoms with E-state index in [0.717, 1.165) is 42.4 Å². The summed E-state index contributed by atoms with van der Waals surface area (Å²) in [5.74, 6) is 0.193. The molecule has 0 atom stereocenters. The molecule has 1 amide bonds. The summed E-state index contributed by atoms with van der Waals surface area (Å²) < 4.78 is 5.37. The molecule has 6 heteroatoms. The summed E-state index contributed by atoms with van der Waals surface area (Å²) in [4.78, 5) is 13.8. The summed E-state index contributed by atoms with van der Waals surface area (Å²) in [7, 11) is 0. The van der Waals surface area contributed by atoms with Crippen molar-refractivity contribution in [2.24, 2.45) is 0 Å². The number of hydrogen-bond acceptors (Lipinski definition) is 5.